The van der Waals surface area contributed by atoms with Gasteiger partial charge in [0.25, 0.3) is 5.78 Å². The number of hydrogen-bond donors (Lipinski definition) is 1. The first-order valence-corrected chi connectivity index (χ1v) is 7.86. The van der Waals surface area contributed by atoms with Gasteiger partial charge >= 0.3 is 10.4 Å². The average Bonchev–Trinajstić information content (AvgIpc) is 2.50. The SMILES string of the molecule is O=C1C(=O)c2ccc(OS(=O)(=O)O)cc2OC1=C1C=CC=CC1. The largest absolute Gasteiger partial charge is 0.452 e. The van der Waals surface area contributed by atoms with Gasteiger partial charge in [-0.05, 0) is 18.6 Å². The van der Waals surface area contributed by atoms with E-state index in [9.17, 15) is 18.0 Å². The highest BCUT2D eigenvalue weighted by molar-refractivity contribution is 7.81. The zero-order valence-corrected chi connectivity index (χ0v) is 12.4. The number of ether oxygens (including phenoxy) is 1. The van der Waals surface area contributed by atoms with Crippen LogP contribution in [0, 0.1) is 0 Å². The number of hydrogen-bond acceptors (Lipinski definition) is 6. The molecule has 1 heterocycles. The molecular weight excluding hydrogens is 324 g/mol. The summed E-state index contributed by atoms with van der Waals surface area (Å²) < 4.78 is 40.0. The van der Waals surface area contributed by atoms with Crippen LogP contribution in [-0.4, -0.2) is 24.5 Å². The van der Waals surface area contributed by atoms with E-state index in [-0.39, 0.29) is 22.8 Å². The fourth-order valence-electron chi connectivity index (χ4n) is 2.22. The molecule has 3 rings (SSSR count). The third-order valence-electron chi connectivity index (χ3n) is 3.20. The molecule has 0 bridgehead atoms. The Morgan fingerprint density at radius 3 is 2.57 bits per heavy atom. The van der Waals surface area contributed by atoms with Crippen molar-refractivity contribution in [2.24, 2.45) is 0 Å². The van der Waals surface area contributed by atoms with E-state index in [1.165, 1.54) is 6.07 Å². The molecule has 8 heteroatoms. The minimum atomic E-state index is -4.70. The standard InChI is InChI=1S/C15H10O7S/c16-13-11-7-6-10(22-23(18,19)20)8-12(11)21-15(14(13)17)9-4-2-1-3-5-9/h1-4,6-8H,5H2,(H,18,19,20). The van der Waals surface area contributed by atoms with Crippen LogP contribution in [0.1, 0.15) is 16.8 Å². The Bertz CT molecular complexity index is 904. The molecule has 1 aliphatic heterocycles. The van der Waals surface area contributed by atoms with Crippen LogP contribution in [0.25, 0.3) is 0 Å². The third-order valence-corrected chi connectivity index (χ3v) is 3.60. The molecule has 1 aromatic rings. The Balaban J connectivity index is 2.04. The summed E-state index contributed by atoms with van der Waals surface area (Å²) in [7, 11) is -4.70. The van der Waals surface area contributed by atoms with Gasteiger partial charge in [0, 0.05) is 11.6 Å². The zero-order chi connectivity index (χ0) is 16.6. The van der Waals surface area contributed by atoms with Crippen molar-refractivity contribution in [2.75, 3.05) is 0 Å². The molecule has 1 N–H and O–H groups in total. The Morgan fingerprint density at radius 1 is 1.13 bits per heavy atom. The van der Waals surface area contributed by atoms with Gasteiger partial charge in [0.05, 0.1) is 5.56 Å². The van der Waals surface area contributed by atoms with Crippen LogP contribution in [0.15, 0.2) is 53.8 Å². The Labute approximate surface area is 131 Å². The van der Waals surface area contributed by atoms with Crippen molar-refractivity contribution in [1.29, 1.82) is 0 Å². The van der Waals surface area contributed by atoms with E-state index >= 15 is 0 Å². The van der Waals surface area contributed by atoms with Gasteiger partial charge in [0.15, 0.2) is 5.76 Å². The van der Waals surface area contributed by atoms with Crippen LogP contribution in [-0.2, 0) is 15.2 Å². The van der Waals surface area contributed by atoms with E-state index in [2.05, 4.69) is 4.18 Å². The molecular formula is C15H10O7S. The maximum Gasteiger partial charge on any atom is 0.446 e. The van der Waals surface area contributed by atoms with E-state index in [4.69, 9.17) is 9.29 Å². The lowest BCUT2D eigenvalue weighted by Gasteiger charge is -2.20. The maximum atomic E-state index is 12.2. The number of carbonyl (C=O) groups excluding carboxylic acids is 2. The van der Waals surface area contributed by atoms with Gasteiger partial charge in [-0.2, -0.15) is 8.42 Å². The molecule has 0 unspecified atom stereocenters. The Hall–Kier alpha value is -2.71. The molecule has 0 amide bonds. The van der Waals surface area contributed by atoms with Crippen molar-refractivity contribution in [3.8, 4) is 11.5 Å². The van der Waals surface area contributed by atoms with E-state index in [0.29, 0.717) is 12.0 Å². The predicted molar refractivity (Wildman–Crippen MR) is 78.5 cm³/mol. The summed E-state index contributed by atoms with van der Waals surface area (Å²) in [4.78, 5) is 24.3. The van der Waals surface area contributed by atoms with Crippen LogP contribution < -0.4 is 8.92 Å². The number of ketones is 2. The molecule has 0 spiro atoms. The summed E-state index contributed by atoms with van der Waals surface area (Å²) in [6, 6.07) is 3.47. The van der Waals surface area contributed by atoms with Crippen LogP contribution in [0.3, 0.4) is 0 Å². The Morgan fingerprint density at radius 2 is 1.91 bits per heavy atom. The number of fused-ring (bicyclic) bond motifs is 1. The van der Waals surface area contributed by atoms with Crippen molar-refractivity contribution >= 4 is 22.0 Å². The number of Topliss-reactive ketones (excluding diaryl/α,β-unsaturated/α-hetero) is 2. The lowest BCUT2D eigenvalue weighted by atomic mass is 9.97. The molecule has 7 nitrogen and oxygen atoms in total. The molecule has 0 atom stereocenters. The van der Waals surface area contributed by atoms with Gasteiger partial charge in [-0.1, -0.05) is 24.3 Å². The first-order chi connectivity index (χ1) is 10.8. The quantitative estimate of drug-likeness (QED) is 0.499. The normalized spacial score (nSPS) is 20.2. The van der Waals surface area contributed by atoms with E-state index in [1.54, 1.807) is 24.3 Å². The topological polar surface area (TPSA) is 107 Å². The van der Waals surface area contributed by atoms with Crippen LogP contribution in [0.4, 0.5) is 0 Å². The van der Waals surface area contributed by atoms with Crippen molar-refractivity contribution in [3.63, 3.8) is 0 Å². The summed E-state index contributed by atoms with van der Waals surface area (Å²) in [6.07, 6.45) is 7.40. The molecule has 118 valence electrons. The lowest BCUT2D eigenvalue weighted by Crippen LogP contribution is -2.27. The first kappa shape index (κ1) is 15.2. The van der Waals surface area contributed by atoms with Gasteiger partial charge < -0.3 is 8.92 Å². The maximum absolute atomic E-state index is 12.2. The fraction of sp³-hybridized carbons (Fsp3) is 0.0667. The summed E-state index contributed by atoms with van der Waals surface area (Å²) in [5, 5.41) is 0. The van der Waals surface area contributed by atoms with Gasteiger partial charge in [0.1, 0.15) is 11.5 Å². The smallest absolute Gasteiger partial charge is 0.446 e. The van der Waals surface area contributed by atoms with E-state index < -0.39 is 22.0 Å². The molecule has 0 aromatic heterocycles. The van der Waals surface area contributed by atoms with Gasteiger partial charge in [-0.15, -0.1) is 0 Å². The van der Waals surface area contributed by atoms with E-state index in [0.717, 1.165) is 12.1 Å². The van der Waals surface area contributed by atoms with Crippen molar-refractivity contribution in [3.05, 3.63) is 59.4 Å². The first-order valence-electron chi connectivity index (χ1n) is 6.49. The lowest BCUT2D eigenvalue weighted by molar-refractivity contribution is -0.114. The Kier molecular flexibility index (Phi) is 3.63. The molecule has 0 radical (unpaired) electrons. The van der Waals surface area contributed by atoms with Crippen molar-refractivity contribution in [2.45, 2.75) is 6.42 Å². The van der Waals surface area contributed by atoms with Crippen molar-refractivity contribution in [1.82, 2.24) is 0 Å². The van der Waals surface area contributed by atoms with Crippen LogP contribution >= 0.6 is 0 Å². The summed E-state index contributed by atoms with van der Waals surface area (Å²) in [5.74, 6) is -1.88. The number of benzene rings is 1. The molecule has 2 aliphatic rings. The number of rotatable bonds is 2. The molecule has 0 saturated heterocycles. The van der Waals surface area contributed by atoms with Gasteiger partial charge in [0.2, 0.25) is 5.78 Å². The molecule has 0 saturated carbocycles. The minimum Gasteiger partial charge on any atom is -0.452 e. The highest BCUT2D eigenvalue weighted by Gasteiger charge is 2.33. The summed E-state index contributed by atoms with van der Waals surface area (Å²) in [6.45, 7) is 0. The second-order valence-electron chi connectivity index (χ2n) is 4.78. The molecule has 1 aliphatic carbocycles. The van der Waals surface area contributed by atoms with Gasteiger partial charge in [-0.25, -0.2) is 0 Å². The monoisotopic (exact) mass is 334 g/mol. The van der Waals surface area contributed by atoms with Crippen LogP contribution in [0.2, 0.25) is 0 Å². The number of carbonyl (C=O) groups is 2. The van der Waals surface area contributed by atoms with Crippen molar-refractivity contribution < 1.29 is 31.5 Å². The van der Waals surface area contributed by atoms with E-state index in [1.807, 2.05) is 0 Å². The summed E-state index contributed by atoms with van der Waals surface area (Å²) >= 11 is 0. The van der Waals surface area contributed by atoms with Gasteiger partial charge in [-0.3, -0.25) is 14.1 Å². The van der Waals surface area contributed by atoms with Crippen LogP contribution in [0.5, 0.6) is 11.5 Å². The third kappa shape index (κ3) is 3.08. The number of allylic oxidation sites excluding steroid dienone is 6. The minimum absolute atomic E-state index is 0.00244. The second-order valence-corrected chi connectivity index (χ2v) is 5.80. The highest BCUT2D eigenvalue weighted by atomic mass is 32.3. The average molecular weight is 334 g/mol. The highest BCUT2D eigenvalue weighted by Crippen LogP contribution is 2.33. The molecule has 0 fully saturated rings. The predicted octanol–water partition coefficient (Wildman–Crippen LogP) is 1.78. The second kappa shape index (κ2) is 5.49. The molecule has 23 heavy (non-hydrogen) atoms. The fourth-order valence-corrected chi connectivity index (χ4v) is 2.57. The zero-order valence-electron chi connectivity index (χ0n) is 11.6. The molecule has 1 aromatic carbocycles. The summed E-state index contributed by atoms with van der Waals surface area (Å²) in [5.41, 5.74) is 0.537.